The van der Waals surface area contributed by atoms with Gasteiger partial charge in [-0.1, -0.05) is 17.7 Å². The lowest BCUT2D eigenvalue weighted by Gasteiger charge is -2.31. The summed E-state index contributed by atoms with van der Waals surface area (Å²) in [5.41, 5.74) is -10.2. The van der Waals surface area contributed by atoms with Gasteiger partial charge in [0.15, 0.2) is 11.6 Å². The quantitative estimate of drug-likeness (QED) is 0.223. The number of nitrogens with one attached hydrogen (secondary N) is 1. The highest BCUT2D eigenvalue weighted by Crippen LogP contribution is 2.55. The van der Waals surface area contributed by atoms with Gasteiger partial charge in [-0.05, 0) is 83.2 Å². The lowest BCUT2D eigenvalue weighted by molar-refractivity contribution is -0.348. The monoisotopic (exact) mass is 734 g/mol. The molecule has 1 fully saturated rings. The van der Waals surface area contributed by atoms with E-state index in [-0.39, 0.29) is 35.8 Å². The topological polar surface area (TPSA) is 58.6 Å². The molecule has 0 unspecified atom stereocenters. The Morgan fingerprint density at radius 1 is 0.978 bits per heavy atom. The van der Waals surface area contributed by atoms with E-state index in [9.17, 15) is 49.1 Å². The van der Waals surface area contributed by atoms with Crippen LogP contribution in [0.5, 0.6) is 5.75 Å². The number of rotatable bonds is 9. The van der Waals surface area contributed by atoms with Crippen molar-refractivity contribution in [2.75, 3.05) is 16.8 Å². The number of amides is 2. The van der Waals surface area contributed by atoms with Crippen molar-refractivity contribution in [3.63, 3.8) is 0 Å². The van der Waals surface area contributed by atoms with Crippen LogP contribution in [-0.4, -0.2) is 37.3 Å². The molecule has 3 aromatic carbocycles. The lowest BCUT2D eigenvalue weighted by Crippen LogP contribution is -2.50. The molecule has 3 aromatic rings. The zero-order valence-corrected chi connectivity index (χ0v) is 24.5. The van der Waals surface area contributed by atoms with E-state index in [1.165, 1.54) is 36.4 Å². The fourth-order valence-electron chi connectivity index (χ4n) is 4.26. The van der Waals surface area contributed by atoms with Crippen LogP contribution >= 0.6 is 27.5 Å². The van der Waals surface area contributed by atoms with Crippen LogP contribution in [0.25, 0.3) is 0 Å². The average Bonchev–Trinajstić information content (AvgIpc) is 3.76. The Labute approximate surface area is 261 Å². The molecule has 242 valence electrons. The largest absolute Gasteiger partial charge is 0.435 e. The minimum absolute atomic E-state index is 0.0256. The number of hydrogen-bond acceptors (Lipinski definition) is 3. The van der Waals surface area contributed by atoms with Crippen LogP contribution in [0.2, 0.25) is 5.02 Å². The average molecular weight is 736 g/mol. The van der Waals surface area contributed by atoms with Crippen LogP contribution in [0, 0.1) is 11.7 Å². The highest BCUT2D eigenvalue weighted by molar-refractivity contribution is 9.10. The summed E-state index contributed by atoms with van der Waals surface area (Å²) < 4.78 is 140. The lowest BCUT2D eigenvalue weighted by atomic mass is 9.93. The minimum Gasteiger partial charge on any atom is -0.433 e. The zero-order valence-electron chi connectivity index (χ0n) is 22.2. The van der Waals surface area contributed by atoms with E-state index in [0.717, 1.165) is 23.8 Å². The van der Waals surface area contributed by atoms with E-state index in [0.29, 0.717) is 5.02 Å². The molecule has 1 aliphatic rings. The molecule has 17 heteroatoms. The van der Waals surface area contributed by atoms with Crippen LogP contribution in [0.15, 0.2) is 59.1 Å². The van der Waals surface area contributed by atoms with Crippen molar-refractivity contribution >= 4 is 50.7 Å². The Kier molecular flexibility index (Phi) is 9.69. The third kappa shape index (κ3) is 7.16. The Morgan fingerprint density at radius 2 is 1.58 bits per heavy atom. The van der Waals surface area contributed by atoms with E-state index in [1.54, 1.807) is 0 Å². The molecule has 1 N–H and O–H groups in total. The number of anilines is 2. The molecular weight excluding hydrogens is 718 g/mol. The predicted molar refractivity (Wildman–Crippen MR) is 146 cm³/mol. The fourth-order valence-corrected chi connectivity index (χ4v) is 4.93. The number of alkyl halides is 9. The highest BCUT2D eigenvalue weighted by atomic mass is 79.9. The molecule has 5 nitrogen and oxygen atoms in total. The van der Waals surface area contributed by atoms with Crippen LogP contribution in [-0.2, 0) is 5.67 Å². The molecule has 2 amide bonds. The number of ether oxygens (including phenoxy) is 1. The van der Waals surface area contributed by atoms with Crippen molar-refractivity contribution in [3.8, 4) is 5.75 Å². The summed E-state index contributed by atoms with van der Waals surface area (Å²) in [7, 11) is 0. The van der Waals surface area contributed by atoms with Gasteiger partial charge >= 0.3 is 24.6 Å². The van der Waals surface area contributed by atoms with Gasteiger partial charge < -0.3 is 15.0 Å². The van der Waals surface area contributed by atoms with Crippen LogP contribution in [0.3, 0.4) is 0 Å². The molecule has 0 bridgehead atoms. The first-order valence-corrected chi connectivity index (χ1v) is 13.8. The second-order valence-electron chi connectivity index (χ2n) is 9.82. The first-order valence-electron chi connectivity index (χ1n) is 12.6. The molecule has 0 aromatic heterocycles. The van der Waals surface area contributed by atoms with Crippen molar-refractivity contribution in [1.82, 2.24) is 0 Å². The zero-order chi connectivity index (χ0) is 33.5. The smallest absolute Gasteiger partial charge is 0.433 e. The molecule has 0 radical (unpaired) electrons. The predicted octanol–water partition coefficient (Wildman–Crippen LogP) is 9.44. The van der Waals surface area contributed by atoms with Gasteiger partial charge in [0.25, 0.3) is 11.8 Å². The second kappa shape index (κ2) is 12.7. The molecule has 4 rings (SSSR count). The maximum atomic E-state index is 15.8. The summed E-state index contributed by atoms with van der Waals surface area (Å²) in [6, 6.07) is 8.61. The maximum absolute atomic E-state index is 15.8. The third-order valence-electron chi connectivity index (χ3n) is 6.68. The number of benzene rings is 3. The van der Waals surface area contributed by atoms with Crippen molar-refractivity contribution < 1.29 is 58.2 Å². The first-order chi connectivity index (χ1) is 20.8. The van der Waals surface area contributed by atoms with Gasteiger partial charge in [0, 0.05) is 27.2 Å². The normalized spacial score (nSPS) is 14.0. The number of nitrogens with zero attached hydrogens (tertiary/aromatic N) is 1. The molecule has 0 heterocycles. The van der Waals surface area contributed by atoms with E-state index in [2.05, 4.69) is 20.7 Å². The first kappa shape index (κ1) is 34.3. The fraction of sp³-hybridized carbons (Fsp3) is 0.286. The molecular formula is C28H18BrClF10N2O3. The summed E-state index contributed by atoms with van der Waals surface area (Å²) in [4.78, 5) is 27.5. The van der Waals surface area contributed by atoms with E-state index < -0.39 is 69.3 Å². The molecule has 0 saturated heterocycles. The van der Waals surface area contributed by atoms with Gasteiger partial charge in [-0.3, -0.25) is 9.59 Å². The Balaban J connectivity index is 1.74. The molecule has 0 atom stereocenters. The van der Waals surface area contributed by atoms with Crippen LogP contribution in [0.1, 0.15) is 39.1 Å². The van der Waals surface area contributed by atoms with Crippen molar-refractivity contribution in [1.29, 1.82) is 0 Å². The number of halogens is 12. The number of hydrogen-bond donors (Lipinski definition) is 1. The van der Waals surface area contributed by atoms with E-state index >= 15 is 4.39 Å². The summed E-state index contributed by atoms with van der Waals surface area (Å²) in [5, 5.41) is 2.22. The van der Waals surface area contributed by atoms with Gasteiger partial charge in [0.2, 0.25) is 0 Å². The van der Waals surface area contributed by atoms with Crippen molar-refractivity contribution in [2.24, 2.45) is 5.92 Å². The second-order valence-corrected chi connectivity index (χ2v) is 11.1. The van der Waals surface area contributed by atoms with Gasteiger partial charge in [-0.2, -0.15) is 35.1 Å². The molecule has 0 aliphatic heterocycles. The Bertz CT molecular complexity index is 1580. The summed E-state index contributed by atoms with van der Waals surface area (Å²) in [5.74, 6) is -4.81. The van der Waals surface area contributed by atoms with Crippen molar-refractivity contribution in [3.05, 3.63) is 86.6 Å². The van der Waals surface area contributed by atoms with Gasteiger partial charge in [0.1, 0.15) is 0 Å². The highest BCUT2D eigenvalue weighted by Gasteiger charge is 2.73. The SMILES string of the molecule is O=C(Nc1c(Br)cc(C(F)(C(F)(F)F)C(F)(F)F)cc1OC(F)F)c1cccc(N(CC2CC2)C(=O)c2ccc(Cl)cc2)c1F. The maximum Gasteiger partial charge on any atom is 0.435 e. The standard InChI is InChI=1S/C28H18BrClF10N2O3/c29-18-10-15(26(34,27(35,36)37)28(38,39)40)11-20(45-25(32)33)22(18)41-23(43)17-2-1-3-19(21(17)31)42(12-13-4-5-13)24(44)14-6-8-16(30)9-7-14/h1-3,6-11,13,25H,4-5,12H2,(H,41,43). The summed E-state index contributed by atoms with van der Waals surface area (Å²) in [6.07, 6.45) is -11.7. The Morgan fingerprint density at radius 3 is 2.11 bits per heavy atom. The molecule has 0 spiro atoms. The molecule has 1 aliphatic carbocycles. The van der Waals surface area contributed by atoms with Crippen LogP contribution < -0.4 is 15.0 Å². The number of carbonyl (C=O) groups is 2. The third-order valence-corrected chi connectivity index (χ3v) is 7.55. The minimum atomic E-state index is -6.59. The van der Waals surface area contributed by atoms with E-state index in [1.807, 2.05) is 5.32 Å². The van der Waals surface area contributed by atoms with Crippen LogP contribution in [0.4, 0.5) is 55.3 Å². The molecule has 45 heavy (non-hydrogen) atoms. The van der Waals surface area contributed by atoms with Gasteiger partial charge in [0.05, 0.1) is 16.9 Å². The van der Waals surface area contributed by atoms with E-state index in [4.69, 9.17) is 11.6 Å². The summed E-state index contributed by atoms with van der Waals surface area (Å²) >= 11 is 8.43. The van der Waals surface area contributed by atoms with Crippen molar-refractivity contribution in [2.45, 2.75) is 37.5 Å². The van der Waals surface area contributed by atoms with Gasteiger partial charge in [-0.25, -0.2) is 8.78 Å². The van der Waals surface area contributed by atoms with Gasteiger partial charge in [-0.15, -0.1) is 0 Å². The Hall–Kier alpha value is -3.53. The molecule has 1 saturated carbocycles. The summed E-state index contributed by atoms with van der Waals surface area (Å²) in [6.45, 7) is -3.80. The number of carbonyl (C=O) groups excluding carboxylic acids is 2.